The molecular formula is C10H5N3O4. The van der Waals surface area contributed by atoms with E-state index >= 15 is 0 Å². The lowest BCUT2D eigenvalue weighted by Crippen LogP contribution is -2.05. The van der Waals surface area contributed by atoms with Gasteiger partial charge in [-0.2, -0.15) is 0 Å². The quantitative estimate of drug-likeness (QED) is 0.369. The molecule has 0 saturated carbocycles. The highest BCUT2D eigenvalue weighted by atomic mass is 16.4. The fourth-order valence-electron chi connectivity index (χ4n) is 1.44. The molecule has 2 aromatic rings. The van der Waals surface area contributed by atoms with Crippen LogP contribution in [0.1, 0.15) is 10.4 Å². The summed E-state index contributed by atoms with van der Waals surface area (Å²) in [5.41, 5.74) is 7.65. The fraction of sp³-hybridized carbons (Fsp3) is 0. The van der Waals surface area contributed by atoms with Gasteiger partial charge >= 0.3 is 11.6 Å². The summed E-state index contributed by atoms with van der Waals surface area (Å²) in [7, 11) is 0. The van der Waals surface area contributed by atoms with E-state index in [2.05, 4.69) is 10.0 Å². The predicted octanol–water partition coefficient (Wildman–Crippen LogP) is 2.43. The zero-order valence-electron chi connectivity index (χ0n) is 8.32. The van der Waals surface area contributed by atoms with E-state index < -0.39 is 11.6 Å². The molecule has 0 fully saturated rings. The van der Waals surface area contributed by atoms with Gasteiger partial charge in [-0.25, -0.2) is 9.59 Å². The van der Waals surface area contributed by atoms with E-state index in [9.17, 15) is 9.59 Å². The Balaban J connectivity index is 2.84. The number of fused-ring (bicyclic) bond motifs is 1. The highest BCUT2D eigenvalue weighted by Crippen LogP contribution is 2.23. The summed E-state index contributed by atoms with van der Waals surface area (Å²) in [6, 6.07) is 5.07. The third-order valence-corrected chi connectivity index (χ3v) is 2.12. The van der Waals surface area contributed by atoms with Crippen molar-refractivity contribution in [3.8, 4) is 0 Å². The van der Waals surface area contributed by atoms with E-state index in [-0.39, 0.29) is 22.2 Å². The second-order valence-corrected chi connectivity index (χ2v) is 3.15. The van der Waals surface area contributed by atoms with Crippen LogP contribution in [0, 0.1) is 0 Å². The summed E-state index contributed by atoms with van der Waals surface area (Å²) in [4.78, 5) is 24.6. The maximum absolute atomic E-state index is 11.1. The highest BCUT2D eigenvalue weighted by molar-refractivity contribution is 6.02. The number of nitrogens with zero attached hydrogens (tertiary/aromatic N) is 3. The van der Waals surface area contributed by atoms with Crippen LogP contribution in [0.15, 0.2) is 38.6 Å². The zero-order chi connectivity index (χ0) is 12.4. The summed E-state index contributed by atoms with van der Waals surface area (Å²) < 4.78 is 4.84. The van der Waals surface area contributed by atoms with Gasteiger partial charge in [0.1, 0.15) is 5.58 Å². The molecule has 1 aromatic heterocycles. The van der Waals surface area contributed by atoms with E-state index in [0.717, 1.165) is 6.07 Å². The number of hydrogen-bond donors (Lipinski definition) is 1. The zero-order valence-corrected chi connectivity index (χ0v) is 8.32. The molecule has 1 heterocycles. The van der Waals surface area contributed by atoms with E-state index in [1.54, 1.807) is 0 Å². The van der Waals surface area contributed by atoms with Crippen LogP contribution in [0.25, 0.3) is 21.4 Å². The Kier molecular flexibility index (Phi) is 2.52. The van der Waals surface area contributed by atoms with Crippen molar-refractivity contribution in [2.45, 2.75) is 0 Å². The van der Waals surface area contributed by atoms with Crippen molar-refractivity contribution < 1.29 is 14.3 Å². The van der Waals surface area contributed by atoms with E-state index in [1.807, 2.05) is 0 Å². The first-order chi connectivity index (χ1) is 8.11. The summed E-state index contributed by atoms with van der Waals surface area (Å²) >= 11 is 0. The van der Waals surface area contributed by atoms with Gasteiger partial charge in [0.15, 0.2) is 0 Å². The minimum atomic E-state index is -1.22. The van der Waals surface area contributed by atoms with Crippen LogP contribution in [-0.2, 0) is 0 Å². The lowest BCUT2D eigenvalue weighted by molar-refractivity contribution is 0.0698. The number of azide groups is 1. The molecule has 0 amide bonds. The maximum atomic E-state index is 11.1. The van der Waals surface area contributed by atoms with Crippen LogP contribution in [-0.4, -0.2) is 11.1 Å². The summed E-state index contributed by atoms with van der Waals surface area (Å²) in [5, 5.41) is 12.5. The van der Waals surface area contributed by atoms with Crippen LogP contribution in [0.2, 0.25) is 0 Å². The second kappa shape index (κ2) is 3.99. The Bertz CT molecular complexity index is 713. The highest BCUT2D eigenvalue weighted by Gasteiger charge is 2.11. The molecule has 1 aromatic carbocycles. The summed E-state index contributed by atoms with van der Waals surface area (Å²) in [6.45, 7) is 0. The van der Waals surface area contributed by atoms with Gasteiger partial charge in [0.25, 0.3) is 0 Å². The summed E-state index contributed by atoms with van der Waals surface area (Å²) in [6.07, 6.45) is 0. The van der Waals surface area contributed by atoms with E-state index in [1.165, 1.54) is 18.2 Å². The van der Waals surface area contributed by atoms with Crippen LogP contribution in [0.5, 0.6) is 0 Å². The number of carboxylic acid groups (broad SMARTS) is 1. The van der Waals surface area contributed by atoms with E-state index in [4.69, 9.17) is 15.1 Å². The molecule has 0 unspecified atom stereocenters. The number of hydrogen-bond acceptors (Lipinski definition) is 4. The lowest BCUT2D eigenvalue weighted by atomic mass is 10.1. The van der Waals surface area contributed by atoms with Crippen molar-refractivity contribution in [3.63, 3.8) is 0 Å². The molecule has 1 N–H and O–H groups in total. The van der Waals surface area contributed by atoms with E-state index in [0.29, 0.717) is 0 Å². The molecule has 17 heavy (non-hydrogen) atoms. The van der Waals surface area contributed by atoms with Crippen LogP contribution in [0.3, 0.4) is 0 Å². The molecule has 2 rings (SSSR count). The monoisotopic (exact) mass is 231 g/mol. The van der Waals surface area contributed by atoms with Gasteiger partial charge < -0.3 is 9.52 Å². The Morgan fingerprint density at radius 3 is 2.82 bits per heavy atom. The first kappa shape index (κ1) is 10.7. The maximum Gasteiger partial charge on any atom is 0.337 e. The number of benzene rings is 1. The van der Waals surface area contributed by atoms with Gasteiger partial charge in [-0.05, 0) is 17.7 Å². The molecule has 0 aliphatic carbocycles. The molecule has 7 heteroatoms. The Hall–Kier alpha value is -2.79. The number of aromatic carboxylic acids is 1. The standard InChI is InChI=1S/C10H5N3O4/c11-13-12-5-1-2-6-7(10(15)16)4-9(14)17-8(6)3-5/h1-4H,(H,15,16). The van der Waals surface area contributed by atoms with Crippen molar-refractivity contribution in [2.75, 3.05) is 0 Å². The van der Waals surface area contributed by atoms with Gasteiger partial charge in [0.05, 0.1) is 5.56 Å². The molecular weight excluding hydrogens is 226 g/mol. The van der Waals surface area contributed by atoms with Crippen LogP contribution >= 0.6 is 0 Å². The first-order valence-electron chi connectivity index (χ1n) is 4.48. The second-order valence-electron chi connectivity index (χ2n) is 3.15. The largest absolute Gasteiger partial charge is 0.478 e. The minimum Gasteiger partial charge on any atom is -0.478 e. The fourth-order valence-corrected chi connectivity index (χ4v) is 1.44. The van der Waals surface area contributed by atoms with Gasteiger partial charge in [-0.1, -0.05) is 11.2 Å². The van der Waals surface area contributed by atoms with Crippen LogP contribution in [0.4, 0.5) is 5.69 Å². The molecule has 0 saturated heterocycles. The molecule has 84 valence electrons. The third kappa shape index (κ3) is 1.95. The van der Waals surface area contributed by atoms with Crippen molar-refractivity contribution in [1.29, 1.82) is 0 Å². The van der Waals surface area contributed by atoms with Gasteiger partial charge in [-0.15, -0.1) is 0 Å². The Labute approximate surface area is 93.5 Å². The molecule has 7 nitrogen and oxygen atoms in total. The van der Waals surface area contributed by atoms with Gasteiger partial charge in [-0.3, -0.25) is 0 Å². The third-order valence-electron chi connectivity index (χ3n) is 2.12. The van der Waals surface area contributed by atoms with Crippen molar-refractivity contribution in [3.05, 3.63) is 50.7 Å². The van der Waals surface area contributed by atoms with Crippen molar-refractivity contribution in [1.82, 2.24) is 0 Å². The van der Waals surface area contributed by atoms with Crippen molar-refractivity contribution >= 4 is 22.6 Å². The molecule has 0 spiro atoms. The SMILES string of the molecule is [N-]=[N+]=Nc1ccc2c(C(=O)O)cc(=O)oc2c1. The molecule has 0 aliphatic rings. The predicted molar refractivity (Wildman–Crippen MR) is 58.2 cm³/mol. The normalized spacial score (nSPS) is 9.88. The number of carboxylic acids is 1. The Morgan fingerprint density at radius 2 is 2.18 bits per heavy atom. The topological polar surface area (TPSA) is 116 Å². The first-order valence-corrected chi connectivity index (χ1v) is 4.48. The lowest BCUT2D eigenvalue weighted by Gasteiger charge is -2.01. The minimum absolute atomic E-state index is 0.0693. The van der Waals surface area contributed by atoms with Gasteiger partial charge in [0.2, 0.25) is 0 Å². The summed E-state index contributed by atoms with van der Waals surface area (Å²) in [5.74, 6) is -1.22. The average Bonchev–Trinajstić information content (AvgIpc) is 2.27. The van der Waals surface area contributed by atoms with Crippen molar-refractivity contribution in [2.24, 2.45) is 5.11 Å². The Morgan fingerprint density at radius 1 is 1.41 bits per heavy atom. The molecule has 0 atom stereocenters. The van der Waals surface area contributed by atoms with Crippen LogP contribution < -0.4 is 5.63 Å². The number of rotatable bonds is 2. The van der Waals surface area contributed by atoms with Gasteiger partial charge in [0, 0.05) is 22.1 Å². The molecule has 0 radical (unpaired) electrons. The molecule has 0 aliphatic heterocycles. The average molecular weight is 231 g/mol. The smallest absolute Gasteiger partial charge is 0.337 e. The molecule has 0 bridgehead atoms. The number of carbonyl (C=O) groups is 1.